The average molecular weight is 567 g/mol. The predicted molar refractivity (Wildman–Crippen MR) is 176 cm³/mol. The molecular formula is C34H39ClSi3. The second kappa shape index (κ2) is 11.7. The Hall–Kier alpha value is -2.44. The molecule has 0 aromatic heterocycles. The SMILES string of the molecule is C[Si](CC[Si](Cl)(CC[Si](C)(c1ccccc1)C1C=CC=C1)c1ccccc1)(c1ccccc1)C1C=CC=C1. The molecule has 5 rings (SSSR count). The first-order chi connectivity index (χ1) is 18.4. The van der Waals surface area contributed by atoms with Gasteiger partial charge in [0.1, 0.15) is 0 Å². The summed E-state index contributed by atoms with van der Waals surface area (Å²) in [6.07, 6.45) is 18.7. The Morgan fingerprint density at radius 1 is 0.474 bits per heavy atom. The predicted octanol–water partition coefficient (Wildman–Crippen LogP) is 8.04. The molecule has 0 spiro atoms. The van der Waals surface area contributed by atoms with Gasteiger partial charge in [-0.2, -0.15) is 11.1 Å². The van der Waals surface area contributed by atoms with E-state index in [-0.39, 0.29) is 0 Å². The Labute approximate surface area is 237 Å². The van der Waals surface area contributed by atoms with Crippen LogP contribution in [0, 0.1) is 0 Å². The van der Waals surface area contributed by atoms with E-state index in [0.29, 0.717) is 11.1 Å². The van der Waals surface area contributed by atoms with E-state index in [2.05, 4.69) is 153 Å². The first kappa shape index (κ1) is 27.1. The van der Waals surface area contributed by atoms with Gasteiger partial charge in [0.15, 0.2) is 7.38 Å². The summed E-state index contributed by atoms with van der Waals surface area (Å²) in [5.74, 6) is 0. The molecule has 0 radical (unpaired) electrons. The van der Waals surface area contributed by atoms with Gasteiger partial charge in [0.25, 0.3) is 0 Å². The van der Waals surface area contributed by atoms with Crippen molar-refractivity contribution in [3.63, 3.8) is 0 Å². The van der Waals surface area contributed by atoms with Crippen molar-refractivity contribution in [2.24, 2.45) is 0 Å². The minimum Gasteiger partial charge on any atom is -0.161 e. The first-order valence-electron chi connectivity index (χ1n) is 14.0. The van der Waals surface area contributed by atoms with Crippen LogP contribution in [0.1, 0.15) is 0 Å². The van der Waals surface area contributed by atoms with E-state index < -0.39 is 23.5 Å². The normalized spacial score (nSPS) is 19.9. The molecule has 3 aromatic rings. The fraction of sp³-hybridized carbons (Fsp3) is 0.235. The summed E-state index contributed by atoms with van der Waals surface area (Å²) < 4.78 is 0. The van der Waals surface area contributed by atoms with Gasteiger partial charge in [0.2, 0.25) is 0 Å². The third-order valence-electron chi connectivity index (χ3n) is 9.21. The van der Waals surface area contributed by atoms with Crippen molar-refractivity contribution >= 4 is 50.2 Å². The van der Waals surface area contributed by atoms with Crippen LogP contribution < -0.4 is 15.6 Å². The van der Waals surface area contributed by atoms with Crippen LogP contribution in [0.3, 0.4) is 0 Å². The van der Waals surface area contributed by atoms with Crippen LogP contribution in [0.2, 0.25) is 48.4 Å². The minimum atomic E-state index is -2.27. The quantitative estimate of drug-likeness (QED) is 0.163. The van der Waals surface area contributed by atoms with Crippen molar-refractivity contribution < 1.29 is 0 Å². The molecule has 0 nitrogen and oxygen atoms in total. The first-order valence-corrected chi connectivity index (χ1v) is 23.0. The molecule has 0 fully saturated rings. The van der Waals surface area contributed by atoms with E-state index in [1.54, 1.807) is 10.4 Å². The molecule has 0 saturated heterocycles. The van der Waals surface area contributed by atoms with Gasteiger partial charge < -0.3 is 0 Å². The number of hydrogen-bond acceptors (Lipinski definition) is 0. The highest BCUT2D eigenvalue weighted by molar-refractivity contribution is 7.28. The molecular weight excluding hydrogens is 528 g/mol. The highest BCUT2D eigenvalue weighted by atomic mass is 35.6. The van der Waals surface area contributed by atoms with Gasteiger partial charge in [0.05, 0.1) is 16.1 Å². The maximum absolute atomic E-state index is 7.98. The molecule has 0 aliphatic heterocycles. The second-order valence-corrected chi connectivity index (χ2v) is 26.3. The summed E-state index contributed by atoms with van der Waals surface area (Å²) in [5.41, 5.74) is 1.07. The summed E-state index contributed by atoms with van der Waals surface area (Å²) in [5, 5.41) is 4.50. The molecule has 0 amide bonds. The Bertz CT molecular complexity index is 1210. The van der Waals surface area contributed by atoms with Crippen LogP contribution in [0.5, 0.6) is 0 Å². The van der Waals surface area contributed by atoms with E-state index in [4.69, 9.17) is 11.1 Å². The van der Waals surface area contributed by atoms with Crippen LogP contribution in [-0.2, 0) is 0 Å². The van der Waals surface area contributed by atoms with Gasteiger partial charge in [-0.3, -0.25) is 0 Å². The van der Waals surface area contributed by atoms with Crippen molar-refractivity contribution in [1.29, 1.82) is 0 Å². The molecule has 2 atom stereocenters. The minimum absolute atomic E-state index is 0.535. The van der Waals surface area contributed by atoms with Crippen molar-refractivity contribution in [3.05, 3.63) is 140 Å². The molecule has 38 heavy (non-hydrogen) atoms. The molecule has 2 aliphatic rings. The van der Waals surface area contributed by atoms with E-state index >= 15 is 0 Å². The smallest absolute Gasteiger partial charge is 0.161 e. The highest BCUT2D eigenvalue weighted by Gasteiger charge is 2.44. The maximum Gasteiger partial charge on any atom is 0.186 e. The van der Waals surface area contributed by atoms with Crippen molar-refractivity contribution in [2.45, 2.75) is 48.4 Å². The fourth-order valence-corrected chi connectivity index (χ4v) is 23.5. The van der Waals surface area contributed by atoms with E-state index in [1.165, 1.54) is 17.3 Å². The molecule has 194 valence electrons. The molecule has 0 saturated carbocycles. The van der Waals surface area contributed by atoms with E-state index in [9.17, 15) is 0 Å². The van der Waals surface area contributed by atoms with Gasteiger partial charge in [0, 0.05) is 0 Å². The standard InChI is InChI=1S/C34H39ClSi3/c1-36(32-20-12-13-21-32,30-16-6-3-7-17-30)26-28-38(35,34-24-10-5-11-25-34)29-27-37(2,33-22-14-15-23-33)31-18-8-4-9-19-31/h3-25,32-33H,26-29H2,1-2H3. The molecule has 0 N–H and O–H groups in total. The maximum atomic E-state index is 7.98. The largest absolute Gasteiger partial charge is 0.186 e. The van der Waals surface area contributed by atoms with Gasteiger partial charge >= 0.3 is 0 Å². The van der Waals surface area contributed by atoms with Crippen LogP contribution in [-0.4, -0.2) is 23.5 Å². The summed E-state index contributed by atoms with van der Waals surface area (Å²) >= 11 is 7.98. The Morgan fingerprint density at radius 3 is 1.13 bits per heavy atom. The van der Waals surface area contributed by atoms with Crippen LogP contribution in [0.15, 0.2) is 140 Å². The summed E-state index contributed by atoms with van der Waals surface area (Å²) in [6, 6.07) is 38.4. The lowest BCUT2D eigenvalue weighted by atomic mass is 10.4. The van der Waals surface area contributed by atoms with Gasteiger partial charge in [-0.1, -0.05) is 175 Å². The third kappa shape index (κ3) is 5.62. The van der Waals surface area contributed by atoms with E-state index in [1.807, 2.05) is 0 Å². The van der Waals surface area contributed by atoms with Crippen LogP contribution in [0.25, 0.3) is 0 Å². The Morgan fingerprint density at radius 2 is 0.789 bits per heavy atom. The third-order valence-corrected chi connectivity index (χ3v) is 25.0. The molecule has 0 heterocycles. The van der Waals surface area contributed by atoms with Gasteiger partial charge in [-0.15, -0.1) is 0 Å². The molecule has 2 aliphatic carbocycles. The lowest BCUT2D eigenvalue weighted by Crippen LogP contribution is -2.53. The van der Waals surface area contributed by atoms with Crippen molar-refractivity contribution in [3.8, 4) is 0 Å². The number of allylic oxidation sites excluding steroid dienone is 8. The number of benzene rings is 3. The Balaban J connectivity index is 1.46. The summed E-state index contributed by atoms with van der Waals surface area (Å²) in [6.45, 7) is 5.17. The van der Waals surface area contributed by atoms with Crippen LogP contribution >= 0.6 is 11.1 Å². The second-order valence-electron chi connectivity index (χ2n) is 11.5. The average Bonchev–Trinajstić information content (AvgIpc) is 3.72. The molecule has 0 bridgehead atoms. The lowest BCUT2D eigenvalue weighted by Gasteiger charge is -2.38. The molecule has 2 unspecified atom stereocenters. The van der Waals surface area contributed by atoms with Gasteiger partial charge in [-0.25, -0.2) is 0 Å². The molecule has 4 heteroatoms. The zero-order valence-corrected chi connectivity index (χ0v) is 26.4. The Kier molecular flexibility index (Phi) is 8.39. The monoisotopic (exact) mass is 566 g/mol. The van der Waals surface area contributed by atoms with Crippen molar-refractivity contribution in [1.82, 2.24) is 0 Å². The summed E-state index contributed by atoms with van der Waals surface area (Å²) in [4.78, 5) is 0. The molecule has 3 aromatic carbocycles. The van der Waals surface area contributed by atoms with E-state index in [0.717, 1.165) is 12.1 Å². The van der Waals surface area contributed by atoms with Crippen LogP contribution in [0.4, 0.5) is 0 Å². The fourth-order valence-electron chi connectivity index (χ4n) is 6.42. The number of rotatable bonds is 11. The summed E-state index contributed by atoms with van der Waals surface area (Å²) in [7, 11) is -5.94. The van der Waals surface area contributed by atoms with Gasteiger partial charge in [-0.05, 0) is 28.4 Å². The number of hydrogen-bond donors (Lipinski definition) is 0. The lowest BCUT2D eigenvalue weighted by molar-refractivity contribution is 1.17. The zero-order chi connectivity index (χ0) is 26.5. The zero-order valence-electron chi connectivity index (χ0n) is 22.6. The highest BCUT2D eigenvalue weighted by Crippen LogP contribution is 2.39. The number of halogens is 1. The topological polar surface area (TPSA) is 0 Å². The van der Waals surface area contributed by atoms with Crippen molar-refractivity contribution in [2.75, 3.05) is 0 Å².